The molecule has 0 aliphatic carbocycles. The minimum Gasteiger partial charge on any atom is -0.379 e. The molecule has 1 N–H and O–H groups in total. The van der Waals surface area contributed by atoms with Gasteiger partial charge in [-0.25, -0.2) is 4.57 Å². The number of rotatable bonds is 27. The van der Waals surface area contributed by atoms with Gasteiger partial charge in [-0.3, -0.25) is 9.05 Å². The van der Waals surface area contributed by atoms with Crippen LogP contribution in [0.15, 0.2) is 12.2 Å². The first-order valence-electron chi connectivity index (χ1n) is 13.5. The maximum Gasteiger partial charge on any atom is 0.472 e. The minimum absolute atomic E-state index is 0.0185. The second-order valence-corrected chi connectivity index (χ2v) is 10.6. The predicted octanol–water partition coefficient (Wildman–Crippen LogP) is 6.75. The van der Waals surface area contributed by atoms with E-state index in [0.717, 1.165) is 13.0 Å². The van der Waals surface area contributed by atoms with Gasteiger partial charge >= 0.3 is 7.82 Å². The normalized spacial score (nSPS) is 13.8. The van der Waals surface area contributed by atoms with Crippen molar-refractivity contribution in [3.63, 3.8) is 0 Å². The fraction of sp³-hybridized carbons (Fsp3) is 0.923. The van der Waals surface area contributed by atoms with Crippen molar-refractivity contribution in [1.29, 1.82) is 0 Å². The minimum atomic E-state index is -3.99. The van der Waals surface area contributed by atoms with E-state index in [2.05, 4.69) is 19.1 Å². The Morgan fingerprint density at radius 1 is 0.647 bits per heavy atom. The van der Waals surface area contributed by atoms with E-state index < -0.39 is 7.82 Å². The first kappa shape index (κ1) is 33.7. The molecule has 0 spiro atoms. The number of phosphoric ester groups is 1. The molecule has 1 atom stereocenters. The second kappa shape index (κ2) is 25.8. The molecule has 0 amide bonds. The quantitative estimate of drug-likeness (QED) is 0.0748. The van der Waals surface area contributed by atoms with Gasteiger partial charge < -0.3 is 19.3 Å². The number of hydrogen-bond acceptors (Lipinski definition) is 6. The summed E-state index contributed by atoms with van der Waals surface area (Å²) in [6, 6.07) is 0. The van der Waals surface area contributed by atoms with E-state index in [1.165, 1.54) is 83.5 Å². The summed E-state index contributed by atoms with van der Waals surface area (Å²) in [4.78, 5) is 11.4. The van der Waals surface area contributed by atoms with Gasteiger partial charge in [-0.2, -0.15) is 0 Å². The Labute approximate surface area is 210 Å². The molecule has 34 heavy (non-hydrogen) atoms. The Morgan fingerprint density at radius 2 is 1.12 bits per heavy atom. The average Bonchev–Trinajstić information content (AvgIpc) is 2.79. The lowest BCUT2D eigenvalue weighted by molar-refractivity contribution is 0.0288. The number of unbranched alkanes of at least 4 members (excludes halogenated alkanes) is 12. The highest BCUT2D eigenvalue weighted by Gasteiger charge is 2.20. The Kier molecular flexibility index (Phi) is 25.6. The average molecular weight is 508 g/mol. The second-order valence-electron chi connectivity index (χ2n) is 9.10. The van der Waals surface area contributed by atoms with E-state index in [0.29, 0.717) is 19.8 Å². The maximum absolute atomic E-state index is 11.6. The van der Waals surface area contributed by atoms with Crippen molar-refractivity contribution >= 4 is 7.82 Å². The van der Waals surface area contributed by atoms with Crippen LogP contribution in [0.3, 0.4) is 0 Å². The zero-order valence-corrected chi connectivity index (χ0v) is 23.3. The summed E-state index contributed by atoms with van der Waals surface area (Å²) in [5.41, 5.74) is 0. The van der Waals surface area contributed by atoms with Gasteiger partial charge in [0.1, 0.15) is 0 Å². The first-order valence-corrected chi connectivity index (χ1v) is 15.0. The van der Waals surface area contributed by atoms with E-state index in [4.69, 9.17) is 18.5 Å². The molecule has 0 aromatic rings. The summed E-state index contributed by atoms with van der Waals surface area (Å²) in [7, 11) is -0.263. The molecule has 0 aromatic heterocycles. The summed E-state index contributed by atoms with van der Waals surface area (Å²) >= 11 is 0. The molecule has 0 radical (unpaired) electrons. The topological polar surface area (TPSA) is 77.5 Å². The van der Waals surface area contributed by atoms with Crippen LogP contribution in [0.2, 0.25) is 0 Å². The van der Waals surface area contributed by atoms with Crippen LogP contribution in [0, 0.1) is 0 Å². The van der Waals surface area contributed by atoms with Crippen LogP contribution in [0.4, 0.5) is 0 Å². The van der Waals surface area contributed by atoms with Gasteiger partial charge in [-0.05, 0) is 46.2 Å². The maximum atomic E-state index is 11.6. The lowest BCUT2D eigenvalue weighted by atomic mass is 10.1. The smallest absolute Gasteiger partial charge is 0.379 e. The van der Waals surface area contributed by atoms with Gasteiger partial charge in [0.25, 0.3) is 0 Å². The molecular formula is C26H54NO6P. The number of phosphoric acid groups is 1. The molecule has 0 rings (SSSR count). The van der Waals surface area contributed by atoms with E-state index in [-0.39, 0.29) is 19.8 Å². The van der Waals surface area contributed by atoms with Crippen LogP contribution in [0.5, 0.6) is 0 Å². The molecule has 8 heteroatoms. The third-order valence-corrected chi connectivity index (χ3v) is 6.47. The number of ether oxygens (including phenoxy) is 2. The molecule has 0 aliphatic heterocycles. The van der Waals surface area contributed by atoms with Crippen LogP contribution >= 0.6 is 7.82 Å². The summed E-state index contributed by atoms with van der Waals surface area (Å²) < 4.78 is 32.3. The van der Waals surface area contributed by atoms with E-state index in [9.17, 15) is 9.46 Å². The Morgan fingerprint density at radius 3 is 1.71 bits per heavy atom. The molecule has 1 unspecified atom stereocenters. The first-order chi connectivity index (χ1) is 16.5. The summed E-state index contributed by atoms with van der Waals surface area (Å²) in [5.74, 6) is 0. The molecule has 0 saturated carbocycles. The number of likely N-dealkylation sites (N-methyl/N-ethyl adjacent to an activating group) is 1. The largest absolute Gasteiger partial charge is 0.472 e. The molecule has 0 heterocycles. The van der Waals surface area contributed by atoms with Gasteiger partial charge in [0.2, 0.25) is 0 Å². The standard InChI is InChI=1S/C26H54NO6P/c1-4-5-6-7-8-9-10-11-12-13-14-15-16-17-18-19-21-30-23-24-31-25-26-33-34(28,29)32-22-20-27(2)3/h11-12H,4-10,13-26H2,1-3H3,(H,28,29)/b12-11-. The van der Waals surface area contributed by atoms with E-state index >= 15 is 0 Å². The van der Waals surface area contributed by atoms with Crippen LogP contribution < -0.4 is 0 Å². The third kappa shape index (κ3) is 28.0. The van der Waals surface area contributed by atoms with Crippen molar-refractivity contribution in [2.75, 3.05) is 60.3 Å². The number of hydrogen-bond donors (Lipinski definition) is 1. The van der Waals surface area contributed by atoms with Crippen molar-refractivity contribution in [1.82, 2.24) is 4.90 Å². The van der Waals surface area contributed by atoms with Crippen molar-refractivity contribution in [2.45, 2.75) is 96.8 Å². The Hall–Kier alpha value is -0.270. The van der Waals surface area contributed by atoms with Gasteiger partial charge in [0, 0.05) is 13.2 Å². The van der Waals surface area contributed by atoms with Crippen molar-refractivity contribution in [3.8, 4) is 0 Å². The van der Waals surface area contributed by atoms with Gasteiger partial charge in [0.15, 0.2) is 0 Å². The molecule has 7 nitrogen and oxygen atoms in total. The van der Waals surface area contributed by atoms with Crippen molar-refractivity contribution < 1.29 is 28.0 Å². The number of nitrogens with zero attached hydrogens (tertiary/aromatic N) is 1. The third-order valence-electron chi connectivity index (χ3n) is 5.45. The van der Waals surface area contributed by atoms with Gasteiger partial charge in [-0.15, -0.1) is 0 Å². The van der Waals surface area contributed by atoms with Crippen LogP contribution in [0.1, 0.15) is 96.8 Å². The zero-order chi connectivity index (χ0) is 25.2. The van der Waals surface area contributed by atoms with Crippen molar-refractivity contribution in [2.24, 2.45) is 0 Å². The van der Waals surface area contributed by atoms with Crippen LogP contribution in [-0.4, -0.2) is 70.1 Å². The molecule has 0 bridgehead atoms. The summed E-state index contributed by atoms with van der Waals surface area (Å²) in [6.45, 7) is 4.96. The highest BCUT2D eigenvalue weighted by atomic mass is 31.2. The van der Waals surface area contributed by atoms with Crippen LogP contribution in [-0.2, 0) is 23.1 Å². The zero-order valence-electron chi connectivity index (χ0n) is 22.4. The van der Waals surface area contributed by atoms with E-state index in [1.807, 2.05) is 19.0 Å². The van der Waals surface area contributed by atoms with E-state index in [1.54, 1.807) is 0 Å². The molecule has 0 fully saturated rings. The Balaban J connectivity index is 3.23. The Bertz CT molecular complexity index is 490. The highest BCUT2D eigenvalue weighted by molar-refractivity contribution is 7.47. The molecular weight excluding hydrogens is 453 g/mol. The fourth-order valence-electron chi connectivity index (χ4n) is 3.36. The molecule has 0 aromatic carbocycles. The predicted molar refractivity (Wildman–Crippen MR) is 141 cm³/mol. The SMILES string of the molecule is CCCCCCCC/C=C\CCCCCCCCOCCOCCOP(=O)(O)OCCN(C)C. The monoisotopic (exact) mass is 507 g/mol. The summed E-state index contributed by atoms with van der Waals surface area (Å²) in [6.07, 6.45) is 23.0. The molecule has 0 saturated heterocycles. The fourth-order valence-corrected chi connectivity index (χ4v) is 4.05. The lowest BCUT2D eigenvalue weighted by Gasteiger charge is -2.14. The summed E-state index contributed by atoms with van der Waals surface area (Å²) in [5, 5.41) is 0. The van der Waals surface area contributed by atoms with Crippen LogP contribution in [0.25, 0.3) is 0 Å². The molecule has 0 aliphatic rings. The highest BCUT2D eigenvalue weighted by Crippen LogP contribution is 2.42. The van der Waals surface area contributed by atoms with Gasteiger partial charge in [-0.1, -0.05) is 76.9 Å². The van der Waals surface area contributed by atoms with Crippen molar-refractivity contribution in [3.05, 3.63) is 12.2 Å². The van der Waals surface area contributed by atoms with Gasteiger partial charge in [0.05, 0.1) is 33.0 Å². The molecule has 204 valence electrons. The number of allylic oxidation sites excluding steroid dienone is 2. The lowest BCUT2D eigenvalue weighted by Crippen LogP contribution is -2.18.